The summed E-state index contributed by atoms with van der Waals surface area (Å²) >= 11 is 0. The molecule has 1 aliphatic heterocycles. The minimum atomic E-state index is 0.0200. The van der Waals surface area contributed by atoms with E-state index >= 15 is 0 Å². The molecule has 1 aliphatic rings. The predicted molar refractivity (Wildman–Crippen MR) is 108 cm³/mol. The topological polar surface area (TPSA) is 52.2 Å². The average molecular weight is 360 g/mol. The van der Waals surface area contributed by atoms with Crippen molar-refractivity contribution in [3.05, 3.63) is 71.9 Å². The third-order valence-electron chi connectivity index (χ3n) is 5.15. The summed E-state index contributed by atoms with van der Waals surface area (Å²) in [6.45, 7) is 5.25. The van der Waals surface area contributed by atoms with E-state index in [9.17, 15) is 4.79 Å². The predicted octanol–water partition coefficient (Wildman–Crippen LogP) is 3.60. The second kappa shape index (κ2) is 7.66. The summed E-state index contributed by atoms with van der Waals surface area (Å²) in [5.74, 6) is 0.0200. The minimum Gasteiger partial charge on any atom is -0.368 e. The van der Waals surface area contributed by atoms with Crippen LogP contribution >= 0.6 is 0 Å². The zero-order valence-corrected chi connectivity index (χ0v) is 15.6. The maximum atomic E-state index is 12.8. The molecule has 5 nitrogen and oxygen atoms in total. The number of hydrogen-bond acceptors (Lipinski definition) is 3. The molecule has 1 N–H and O–H groups in total. The summed E-state index contributed by atoms with van der Waals surface area (Å²) in [6.07, 6.45) is 1.01. The van der Waals surface area contributed by atoms with Crippen molar-refractivity contribution in [3.8, 4) is 11.3 Å². The Kier molecular flexibility index (Phi) is 4.92. The average Bonchev–Trinajstić information content (AvgIpc) is 3.24. The fourth-order valence-electron chi connectivity index (χ4n) is 3.47. The van der Waals surface area contributed by atoms with E-state index in [1.54, 1.807) is 0 Å². The molecule has 0 saturated carbocycles. The molecule has 2 heterocycles. The van der Waals surface area contributed by atoms with Crippen LogP contribution in [0.2, 0.25) is 0 Å². The number of amides is 1. The molecule has 1 fully saturated rings. The Morgan fingerprint density at radius 2 is 1.70 bits per heavy atom. The molecule has 0 bridgehead atoms. The van der Waals surface area contributed by atoms with Gasteiger partial charge in [-0.2, -0.15) is 5.10 Å². The summed E-state index contributed by atoms with van der Waals surface area (Å²) in [7, 11) is 0. The highest BCUT2D eigenvalue weighted by Gasteiger charge is 2.23. The number of carbonyl (C=O) groups excluding carboxylic acids is 1. The number of nitrogens with one attached hydrogen (secondary N) is 1. The van der Waals surface area contributed by atoms with E-state index in [1.165, 1.54) is 11.3 Å². The van der Waals surface area contributed by atoms with E-state index in [0.717, 1.165) is 30.8 Å². The Balaban J connectivity index is 1.41. The van der Waals surface area contributed by atoms with Crippen molar-refractivity contribution in [2.75, 3.05) is 31.1 Å². The van der Waals surface area contributed by atoms with Gasteiger partial charge in [-0.15, -0.1) is 0 Å². The third kappa shape index (κ3) is 3.72. The molecule has 0 spiro atoms. The highest BCUT2D eigenvalue weighted by Crippen LogP contribution is 2.20. The molecule has 27 heavy (non-hydrogen) atoms. The Hall–Kier alpha value is -3.08. The molecular weight excluding hydrogens is 336 g/mol. The van der Waals surface area contributed by atoms with Crippen LogP contribution in [0.1, 0.15) is 23.0 Å². The van der Waals surface area contributed by atoms with Crippen molar-refractivity contribution < 1.29 is 4.79 Å². The molecule has 5 heteroatoms. The van der Waals surface area contributed by atoms with Crippen LogP contribution in [0.25, 0.3) is 11.3 Å². The Bertz CT molecular complexity index is 894. The summed E-state index contributed by atoms with van der Waals surface area (Å²) in [4.78, 5) is 17.0. The Morgan fingerprint density at radius 3 is 2.37 bits per heavy atom. The molecule has 0 unspecified atom stereocenters. The molecule has 0 aliphatic carbocycles. The van der Waals surface area contributed by atoms with Gasteiger partial charge in [0.2, 0.25) is 0 Å². The van der Waals surface area contributed by atoms with Gasteiger partial charge in [-0.25, -0.2) is 0 Å². The number of piperazine rings is 1. The quantitative estimate of drug-likeness (QED) is 0.773. The largest absolute Gasteiger partial charge is 0.368 e. The van der Waals surface area contributed by atoms with Crippen molar-refractivity contribution in [3.63, 3.8) is 0 Å². The first-order valence-corrected chi connectivity index (χ1v) is 9.48. The number of anilines is 1. The maximum absolute atomic E-state index is 12.8. The van der Waals surface area contributed by atoms with Crippen LogP contribution in [0.3, 0.4) is 0 Å². The van der Waals surface area contributed by atoms with Crippen molar-refractivity contribution >= 4 is 11.6 Å². The van der Waals surface area contributed by atoms with Crippen molar-refractivity contribution in [2.45, 2.75) is 13.3 Å². The Morgan fingerprint density at radius 1 is 1.00 bits per heavy atom. The van der Waals surface area contributed by atoms with Gasteiger partial charge in [0.25, 0.3) is 5.91 Å². The lowest BCUT2D eigenvalue weighted by molar-refractivity contribution is 0.0741. The molecular formula is C22H24N4O. The fourth-order valence-corrected chi connectivity index (χ4v) is 3.47. The fraction of sp³-hybridized carbons (Fsp3) is 0.273. The van der Waals surface area contributed by atoms with Gasteiger partial charge in [-0.3, -0.25) is 9.89 Å². The first kappa shape index (κ1) is 17.3. The van der Waals surface area contributed by atoms with Crippen molar-refractivity contribution in [1.29, 1.82) is 0 Å². The van der Waals surface area contributed by atoms with Crippen LogP contribution in [0, 0.1) is 0 Å². The van der Waals surface area contributed by atoms with E-state index in [2.05, 4.69) is 58.4 Å². The summed E-state index contributed by atoms with van der Waals surface area (Å²) in [5.41, 5.74) is 4.89. The van der Waals surface area contributed by atoms with Crippen LogP contribution in [0.5, 0.6) is 0 Å². The molecule has 1 saturated heterocycles. The van der Waals surface area contributed by atoms with Gasteiger partial charge in [0.1, 0.15) is 5.69 Å². The van der Waals surface area contributed by atoms with Gasteiger partial charge in [0, 0.05) is 37.4 Å². The SMILES string of the molecule is CCc1ccc(-c2cc(C(=O)N3CCN(c4ccccc4)CC3)[nH]n2)cc1. The van der Waals surface area contributed by atoms with E-state index < -0.39 is 0 Å². The highest BCUT2D eigenvalue weighted by atomic mass is 16.2. The van der Waals surface area contributed by atoms with Gasteiger partial charge in [0.15, 0.2) is 0 Å². The molecule has 0 atom stereocenters. The van der Waals surface area contributed by atoms with Crippen LogP contribution in [0.4, 0.5) is 5.69 Å². The number of H-pyrrole nitrogens is 1. The molecule has 1 aromatic heterocycles. The number of aromatic nitrogens is 2. The lowest BCUT2D eigenvalue weighted by Crippen LogP contribution is -2.48. The zero-order valence-electron chi connectivity index (χ0n) is 15.6. The number of hydrogen-bond donors (Lipinski definition) is 1. The summed E-state index contributed by atoms with van der Waals surface area (Å²) < 4.78 is 0. The lowest BCUT2D eigenvalue weighted by Gasteiger charge is -2.35. The van der Waals surface area contributed by atoms with E-state index in [-0.39, 0.29) is 5.91 Å². The molecule has 138 valence electrons. The lowest BCUT2D eigenvalue weighted by atomic mass is 10.1. The van der Waals surface area contributed by atoms with Crippen molar-refractivity contribution in [2.24, 2.45) is 0 Å². The normalized spacial score (nSPS) is 14.4. The molecule has 3 aromatic rings. The standard InChI is InChI=1S/C22H24N4O/c1-2-17-8-10-18(11-9-17)20-16-21(24-23-20)22(27)26-14-12-25(13-15-26)19-6-4-3-5-7-19/h3-11,16H,2,12-15H2,1H3,(H,23,24). The van der Waals surface area contributed by atoms with Crippen LogP contribution < -0.4 is 4.90 Å². The number of nitrogens with zero attached hydrogens (tertiary/aromatic N) is 3. The smallest absolute Gasteiger partial charge is 0.272 e. The highest BCUT2D eigenvalue weighted by molar-refractivity contribution is 5.93. The first-order chi connectivity index (χ1) is 13.2. The second-order valence-electron chi connectivity index (χ2n) is 6.83. The van der Waals surface area contributed by atoms with E-state index in [1.807, 2.05) is 29.2 Å². The van der Waals surface area contributed by atoms with E-state index in [4.69, 9.17) is 0 Å². The zero-order chi connectivity index (χ0) is 18.6. The molecule has 1 amide bonds. The van der Waals surface area contributed by atoms with Gasteiger partial charge < -0.3 is 9.80 Å². The van der Waals surface area contributed by atoms with Crippen molar-refractivity contribution in [1.82, 2.24) is 15.1 Å². The number of carbonyl (C=O) groups is 1. The number of rotatable bonds is 4. The van der Waals surface area contributed by atoms with Gasteiger partial charge in [-0.1, -0.05) is 49.4 Å². The van der Waals surface area contributed by atoms with Crippen LogP contribution in [-0.2, 0) is 6.42 Å². The molecule has 2 aromatic carbocycles. The van der Waals surface area contributed by atoms with Crippen LogP contribution in [0.15, 0.2) is 60.7 Å². The molecule has 0 radical (unpaired) electrons. The monoisotopic (exact) mass is 360 g/mol. The number of para-hydroxylation sites is 1. The van der Waals surface area contributed by atoms with Crippen LogP contribution in [-0.4, -0.2) is 47.2 Å². The number of aromatic amines is 1. The van der Waals surface area contributed by atoms with Gasteiger partial charge in [0.05, 0.1) is 5.69 Å². The number of aryl methyl sites for hydroxylation is 1. The summed E-state index contributed by atoms with van der Waals surface area (Å²) in [6, 6.07) is 20.5. The first-order valence-electron chi connectivity index (χ1n) is 9.48. The van der Waals surface area contributed by atoms with E-state index in [0.29, 0.717) is 18.8 Å². The minimum absolute atomic E-state index is 0.0200. The Labute approximate surface area is 159 Å². The molecule has 4 rings (SSSR count). The summed E-state index contributed by atoms with van der Waals surface area (Å²) in [5, 5.41) is 7.26. The third-order valence-corrected chi connectivity index (χ3v) is 5.15. The second-order valence-corrected chi connectivity index (χ2v) is 6.83. The number of benzene rings is 2. The maximum Gasteiger partial charge on any atom is 0.272 e. The van der Waals surface area contributed by atoms with Gasteiger partial charge in [-0.05, 0) is 30.2 Å². The van der Waals surface area contributed by atoms with Gasteiger partial charge >= 0.3 is 0 Å².